The first-order chi connectivity index (χ1) is 12.6. The molecule has 2 heterocycles. The highest BCUT2D eigenvalue weighted by Crippen LogP contribution is 2.21. The third-order valence-electron chi connectivity index (χ3n) is 3.76. The van der Waals surface area contributed by atoms with Crippen LogP contribution in [0.3, 0.4) is 0 Å². The number of para-hydroxylation sites is 1. The summed E-state index contributed by atoms with van der Waals surface area (Å²) in [6.45, 7) is 2.57. The summed E-state index contributed by atoms with van der Waals surface area (Å²) < 4.78 is 16.3. The third-order valence-corrected chi connectivity index (χ3v) is 4.63. The second kappa shape index (κ2) is 8.77. The number of anilines is 1. The molecule has 1 aromatic carbocycles. The Labute approximate surface area is 155 Å². The molecule has 1 amide bonds. The molecule has 1 aromatic heterocycles. The lowest BCUT2D eigenvalue weighted by Gasteiger charge is -2.14. The van der Waals surface area contributed by atoms with Crippen LogP contribution in [0, 0.1) is 6.92 Å². The van der Waals surface area contributed by atoms with Crippen molar-refractivity contribution >= 4 is 28.3 Å². The number of rotatable bonds is 7. The van der Waals surface area contributed by atoms with E-state index in [1.807, 2.05) is 12.3 Å². The SMILES string of the molecule is Cc1csc(NC(=O)COC(=O)c2ccccc2OCC2CCCO2)n1. The number of aromatic nitrogens is 1. The van der Waals surface area contributed by atoms with E-state index < -0.39 is 18.5 Å². The van der Waals surface area contributed by atoms with Crippen molar-refractivity contribution < 1.29 is 23.8 Å². The van der Waals surface area contributed by atoms with Crippen molar-refractivity contribution in [2.45, 2.75) is 25.9 Å². The van der Waals surface area contributed by atoms with Crippen molar-refractivity contribution in [2.24, 2.45) is 0 Å². The molecule has 1 saturated heterocycles. The summed E-state index contributed by atoms with van der Waals surface area (Å²) in [6, 6.07) is 6.80. The first kappa shape index (κ1) is 18.3. The van der Waals surface area contributed by atoms with Crippen LogP contribution in [0.2, 0.25) is 0 Å². The van der Waals surface area contributed by atoms with Crippen molar-refractivity contribution in [1.29, 1.82) is 0 Å². The maximum Gasteiger partial charge on any atom is 0.342 e. The molecule has 0 aliphatic carbocycles. The average molecular weight is 376 g/mol. The van der Waals surface area contributed by atoms with Crippen LogP contribution >= 0.6 is 11.3 Å². The topological polar surface area (TPSA) is 86.8 Å². The van der Waals surface area contributed by atoms with E-state index in [4.69, 9.17) is 14.2 Å². The van der Waals surface area contributed by atoms with Gasteiger partial charge in [-0.25, -0.2) is 9.78 Å². The van der Waals surface area contributed by atoms with E-state index >= 15 is 0 Å². The molecule has 1 N–H and O–H groups in total. The molecule has 1 aliphatic rings. The summed E-state index contributed by atoms with van der Waals surface area (Å²) in [5.41, 5.74) is 1.10. The number of esters is 1. The van der Waals surface area contributed by atoms with E-state index in [1.54, 1.807) is 24.3 Å². The maximum atomic E-state index is 12.3. The van der Waals surface area contributed by atoms with Crippen LogP contribution in [0.4, 0.5) is 5.13 Å². The zero-order valence-corrected chi connectivity index (χ0v) is 15.2. The molecule has 7 nitrogen and oxygen atoms in total. The van der Waals surface area contributed by atoms with E-state index in [0.717, 1.165) is 25.1 Å². The van der Waals surface area contributed by atoms with Gasteiger partial charge in [0.15, 0.2) is 11.7 Å². The van der Waals surface area contributed by atoms with Gasteiger partial charge in [0, 0.05) is 12.0 Å². The second-order valence-electron chi connectivity index (χ2n) is 5.86. The highest BCUT2D eigenvalue weighted by Gasteiger charge is 2.19. The van der Waals surface area contributed by atoms with Crippen molar-refractivity contribution in [3.63, 3.8) is 0 Å². The number of carbonyl (C=O) groups excluding carboxylic acids is 2. The Balaban J connectivity index is 1.52. The van der Waals surface area contributed by atoms with Gasteiger partial charge in [0.05, 0.1) is 11.8 Å². The largest absolute Gasteiger partial charge is 0.490 e. The highest BCUT2D eigenvalue weighted by molar-refractivity contribution is 7.13. The van der Waals surface area contributed by atoms with Crippen LogP contribution in [0.1, 0.15) is 28.9 Å². The summed E-state index contributed by atoms with van der Waals surface area (Å²) in [4.78, 5) is 28.3. The van der Waals surface area contributed by atoms with E-state index in [1.165, 1.54) is 11.3 Å². The van der Waals surface area contributed by atoms with Gasteiger partial charge in [-0.3, -0.25) is 10.1 Å². The summed E-state index contributed by atoms with van der Waals surface area (Å²) in [5, 5.41) is 4.89. The number of nitrogens with zero attached hydrogens (tertiary/aromatic N) is 1. The van der Waals surface area contributed by atoms with Gasteiger partial charge in [0.1, 0.15) is 17.9 Å². The Morgan fingerprint density at radius 2 is 2.23 bits per heavy atom. The predicted octanol–water partition coefficient (Wildman–Crippen LogP) is 2.80. The fourth-order valence-corrected chi connectivity index (χ4v) is 3.20. The molecule has 1 fully saturated rings. The fraction of sp³-hybridized carbons (Fsp3) is 0.389. The summed E-state index contributed by atoms with van der Waals surface area (Å²) in [5.74, 6) is -0.632. The smallest absolute Gasteiger partial charge is 0.342 e. The van der Waals surface area contributed by atoms with Gasteiger partial charge >= 0.3 is 5.97 Å². The quantitative estimate of drug-likeness (QED) is 0.748. The number of nitrogens with one attached hydrogen (secondary N) is 1. The average Bonchev–Trinajstić information content (AvgIpc) is 3.30. The Kier molecular flexibility index (Phi) is 6.19. The van der Waals surface area contributed by atoms with E-state index in [9.17, 15) is 9.59 Å². The van der Waals surface area contributed by atoms with E-state index in [0.29, 0.717) is 17.5 Å². The standard InChI is InChI=1S/C18H20N2O5S/c1-12-11-26-18(19-12)20-16(21)10-25-17(22)14-6-2-3-7-15(14)24-9-13-5-4-8-23-13/h2-3,6-7,11,13H,4-5,8-10H2,1H3,(H,19,20,21). The maximum absolute atomic E-state index is 12.3. The fourth-order valence-electron chi connectivity index (χ4n) is 2.50. The van der Waals surface area contributed by atoms with Crippen molar-refractivity contribution in [3.05, 3.63) is 40.9 Å². The molecule has 0 bridgehead atoms. The number of ether oxygens (including phenoxy) is 3. The third kappa shape index (κ3) is 5.03. The number of carbonyl (C=O) groups is 2. The van der Waals surface area contributed by atoms with Gasteiger partial charge in [-0.15, -0.1) is 11.3 Å². The summed E-state index contributed by atoms with van der Waals surface area (Å²) in [6.07, 6.45) is 2.01. The van der Waals surface area contributed by atoms with Crippen LogP contribution in [0.25, 0.3) is 0 Å². The molecule has 0 saturated carbocycles. The van der Waals surface area contributed by atoms with Crippen LogP contribution in [0.15, 0.2) is 29.6 Å². The zero-order chi connectivity index (χ0) is 18.4. The van der Waals surface area contributed by atoms with E-state index in [2.05, 4.69) is 10.3 Å². The Hall–Kier alpha value is -2.45. The molecule has 1 aliphatic heterocycles. The summed E-state index contributed by atoms with van der Waals surface area (Å²) >= 11 is 1.31. The first-order valence-corrected chi connectivity index (χ1v) is 9.22. The minimum atomic E-state index is -0.613. The van der Waals surface area contributed by atoms with Gasteiger partial charge in [-0.05, 0) is 31.9 Å². The normalized spacial score (nSPS) is 16.3. The molecule has 26 heavy (non-hydrogen) atoms. The molecule has 8 heteroatoms. The van der Waals surface area contributed by atoms with Crippen molar-refractivity contribution in [3.8, 4) is 5.75 Å². The minimum absolute atomic E-state index is 0.0478. The van der Waals surface area contributed by atoms with Gasteiger partial charge < -0.3 is 14.2 Å². The number of thiazole rings is 1. The first-order valence-electron chi connectivity index (χ1n) is 8.34. The lowest BCUT2D eigenvalue weighted by molar-refractivity contribution is -0.119. The van der Waals surface area contributed by atoms with Gasteiger partial charge in [-0.1, -0.05) is 12.1 Å². The number of aryl methyl sites for hydroxylation is 1. The molecule has 0 radical (unpaired) electrons. The monoisotopic (exact) mass is 376 g/mol. The zero-order valence-electron chi connectivity index (χ0n) is 14.4. The molecule has 0 spiro atoms. The molecule has 138 valence electrons. The summed E-state index contributed by atoms with van der Waals surface area (Å²) in [7, 11) is 0. The number of hydrogen-bond acceptors (Lipinski definition) is 7. The Morgan fingerprint density at radius 1 is 1.38 bits per heavy atom. The van der Waals surface area contributed by atoms with E-state index in [-0.39, 0.29) is 11.7 Å². The lowest BCUT2D eigenvalue weighted by Crippen LogP contribution is -2.22. The number of hydrogen-bond donors (Lipinski definition) is 1. The van der Waals surface area contributed by atoms with Crippen LogP contribution < -0.4 is 10.1 Å². The number of benzene rings is 1. The molecule has 2 aromatic rings. The minimum Gasteiger partial charge on any atom is -0.490 e. The lowest BCUT2D eigenvalue weighted by atomic mass is 10.2. The molecular formula is C18H20N2O5S. The Bertz CT molecular complexity index is 770. The number of amides is 1. The van der Waals surface area contributed by atoms with Crippen molar-refractivity contribution in [1.82, 2.24) is 4.98 Å². The van der Waals surface area contributed by atoms with Crippen LogP contribution in [-0.4, -0.2) is 42.8 Å². The molecule has 1 unspecified atom stereocenters. The second-order valence-corrected chi connectivity index (χ2v) is 6.72. The highest BCUT2D eigenvalue weighted by atomic mass is 32.1. The van der Waals surface area contributed by atoms with Gasteiger partial charge in [0.2, 0.25) is 0 Å². The van der Waals surface area contributed by atoms with Crippen LogP contribution in [0.5, 0.6) is 5.75 Å². The molecule has 3 rings (SSSR count). The molecular weight excluding hydrogens is 356 g/mol. The van der Waals surface area contributed by atoms with Gasteiger partial charge in [0.25, 0.3) is 5.91 Å². The predicted molar refractivity (Wildman–Crippen MR) is 96.7 cm³/mol. The molecule has 1 atom stereocenters. The Morgan fingerprint density at radius 3 is 2.96 bits per heavy atom. The van der Waals surface area contributed by atoms with Crippen LogP contribution in [-0.2, 0) is 14.3 Å². The van der Waals surface area contributed by atoms with Gasteiger partial charge in [-0.2, -0.15) is 0 Å². The van der Waals surface area contributed by atoms with Crippen molar-refractivity contribution in [2.75, 3.05) is 25.1 Å².